The first-order valence-electron chi connectivity index (χ1n) is 20.7. The highest BCUT2D eigenvalue weighted by molar-refractivity contribution is 6.23. The van der Waals surface area contributed by atoms with Gasteiger partial charge in [-0.25, -0.2) is 0 Å². The molecule has 0 aromatic heterocycles. The topological polar surface area (TPSA) is 191 Å². The number of hydrogen-bond acceptors (Lipinski definition) is 13. The number of phenols is 3. The number of allylic oxidation sites excluding steroid dienone is 2. The molecular formula is C45H63N3O11. The van der Waals surface area contributed by atoms with Crippen LogP contribution in [0, 0.1) is 36.5 Å². The average molecular weight is 822 g/mol. The lowest BCUT2D eigenvalue weighted by Gasteiger charge is -2.54. The van der Waals surface area contributed by atoms with E-state index in [1.165, 1.54) is 27.2 Å². The Morgan fingerprint density at radius 2 is 1.56 bits per heavy atom. The molecule has 0 spiro atoms. The Hall–Kier alpha value is -4.34. The lowest BCUT2D eigenvalue weighted by atomic mass is 9.70. The number of aromatic hydroxyl groups is 3. The first kappa shape index (κ1) is 44.2. The molecule has 0 aliphatic carbocycles. The van der Waals surface area contributed by atoms with Crippen molar-refractivity contribution in [1.29, 1.82) is 0 Å². The maximum Gasteiger partial charge on any atom is 0.312 e. The number of hydrogen-bond donors (Lipinski definition) is 6. The van der Waals surface area contributed by atoms with Crippen LogP contribution in [0.5, 0.6) is 23.0 Å². The number of anilines is 2. The summed E-state index contributed by atoms with van der Waals surface area (Å²) in [6.07, 6.45) is 5.07. The third-order valence-corrected chi connectivity index (χ3v) is 13.3. The number of rotatable bonds is 4. The van der Waals surface area contributed by atoms with E-state index >= 15 is 0 Å². The van der Waals surface area contributed by atoms with Crippen molar-refractivity contribution in [2.24, 2.45) is 29.6 Å². The van der Waals surface area contributed by atoms with Gasteiger partial charge in [0.15, 0.2) is 5.75 Å². The van der Waals surface area contributed by atoms with Crippen molar-refractivity contribution in [3.8, 4) is 23.0 Å². The lowest BCUT2D eigenvalue weighted by Crippen LogP contribution is -2.60. The third kappa shape index (κ3) is 7.78. The molecule has 10 atom stereocenters. The number of carbonyl (C=O) groups excluding carboxylic acids is 2. The zero-order valence-electron chi connectivity index (χ0n) is 36.2. The van der Waals surface area contributed by atoms with Gasteiger partial charge in [-0.15, -0.1) is 0 Å². The molecule has 2 aromatic carbocycles. The van der Waals surface area contributed by atoms with Crippen LogP contribution < -0.4 is 15.0 Å². The van der Waals surface area contributed by atoms with E-state index in [9.17, 15) is 35.1 Å². The molecule has 0 unspecified atom stereocenters. The summed E-state index contributed by atoms with van der Waals surface area (Å²) in [6, 6.07) is 0. The van der Waals surface area contributed by atoms with Gasteiger partial charge in [0.05, 0.1) is 47.2 Å². The molecule has 2 aromatic rings. The minimum absolute atomic E-state index is 0.0191. The number of amides is 1. The highest BCUT2D eigenvalue weighted by atomic mass is 16.7. The summed E-state index contributed by atoms with van der Waals surface area (Å²) in [5.41, 5.74) is -0.421. The molecule has 1 amide bonds. The summed E-state index contributed by atoms with van der Waals surface area (Å²) in [4.78, 5) is 32.6. The largest absolute Gasteiger partial charge is 0.507 e. The first-order valence-corrected chi connectivity index (χ1v) is 20.7. The molecule has 2 saturated heterocycles. The molecule has 7 bridgehead atoms. The van der Waals surface area contributed by atoms with E-state index in [1.807, 2.05) is 31.7 Å². The Kier molecular flexibility index (Phi) is 12.4. The Bertz CT molecular complexity index is 2060. The van der Waals surface area contributed by atoms with Crippen LogP contribution in [-0.2, 0) is 19.0 Å². The minimum Gasteiger partial charge on any atom is -0.507 e. The number of nitrogens with one attached hydrogen (secondary N) is 1. The number of piperazine rings is 1. The smallest absolute Gasteiger partial charge is 0.312 e. The Morgan fingerprint density at radius 1 is 0.915 bits per heavy atom. The zero-order valence-corrected chi connectivity index (χ0v) is 36.2. The van der Waals surface area contributed by atoms with Gasteiger partial charge in [0.1, 0.15) is 28.6 Å². The van der Waals surface area contributed by atoms with E-state index in [1.54, 1.807) is 39.0 Å². The Morgan fingerprint density at radius 3 is 2.17 bits per heavy atom. The molecule has 7 aliphatic heterocycles. The van der Waals surface area contributed by atoms with Crippen LogP contribution in [0.15, 0.2) is 36.1 Å². The van der Waals surface area contributed by atoms with E-state index in [4.69, 9.17) is 18.9 Å². The van der Waals surface area contributed by atoms with Crippen LogP contribution >= 0.6 is 0 Å². The van der Waals surface area contributed by atoms with Crippen LogP contribution in [0.25, 0.3) is 10.8 Å². The van der Waals surface area contributed by atoms with Crippen LogP contribution in [0.2, 0.25) is 0 Å². The lowest BCUT2D eigenvalue weighted by molar-refractivity contribution is -0.251. The minimum atomic E-state index is -1.98. The summed E-state index contributed by atoms with van der Waals surface area (Å²) >= 11 is 0. The zero-order chi connectivity index (χ0) is 43.5. The second-order valence-electron chi connectivity index (χ2n) is 17.8. The van der Waals surface area contributed by atoms with E-state index in [0.29, 0.717) is 32.1 Å². The van der Waals surface area contributed by atoms with Crippen LogP contribution in [0.1, 0.15) is 78.2 Å². The first-order chi connectivity index (χ1) is 27.7. The number of ketones is 1. The van der Waals surface area contributed by atoms with E-state index in [-0.39, 0.29) is 62.5 Å². The maximum atomic E-state index is 14.5. The number of phenolic OH excluding ortho intramolecular Hbond substituents is 3. The summed E-state index contributed by atoms with van der Waals surface area (Å²) in [6.45, 7) is 21.3. The quantitative estimate of drug-likeness (QED) is 0.162. The number of aliphatic hydroxyl groups is 2. The van der Waals surface area contributed by atoms with Gasteiger partial charge in [-0.05, 0) is 32.8 Å². The fourth-order valence-electron chi connectivity index (χ4n) is 9.21. The predicted octanol–water partition coefficient (Wildman–Crippen LogP) is 5.76. The van der Waals surface area contributed by atoms with Crippen molar-refractivity contribution in [1.82, 2.24) is 4.90 Å². The molecule has 0 saturated carbocycles. The molecule has 9 rings (SSSR count). The molecule has 14 heteroatoms. The standard InChI is InChI=1S/C45H63N3O11/c1-22(2)21-47-16-18-48(19-17-47)34-33-38(52)31-30(39(34)53)32-41(27(7)37(31)51)59-45(10,42(32)54)57-20-14-29(56-11)24(4)35(49)25(5)36(50)26(6)40-28(8)44(9,58-40)15-12-13-23(3)43(55)46-33/h12-15,20,22,24-26,28-29,35-36,40,49-53H,16-19,21H2,1-11H3,(H,46,55)/b15-12+,20-14+,23-13-/t24-,25+,26+,28-,29+,35-,36+,40-,44+,45+/m1/s1. The summed E-state index contributed by atoms with van der Waals surface area (Å²) in [7, 11) is 1.48. The number of aliphatic hydroxyl groups excluding tert-OH is 2. The van der Waals surface area contributed by atoms with Gasteiger partial charge in [-0.1, -0.05) is 59.8 Å². The molecule has 324 valence electrons. The number of Topliss-reactive ketones (excluding diaryl/α,β-unsaturated/α-hetero) is 1. The van der Waals surface area contributed by atoms with Crippen molar-refractivity contribution in [3.63, 3.8) is 0 Å². The SMILES string of the molecule is CO[C@H]1/C=C/O[C@@]2(C)Oc3c(C)c(O)c4c(O)c(c(N5CCN(CC(C)C)CC5)c(O)c4c3C2=O)NC(=O)/C(C)=C\C=C\[C@]2(C)O[C@H]([C@@H](C)[C@@H](O)[C@@H](C)[C@H](O)[C@@H]1C)[C@H]2C. The fourth-order valence-corrected chi connectivity index (χ4v) is 9.21. The molecule has 7 aliphatic rings. The summed E-state index contributed by atoms with van der Waals surface area (Å²) in [5, 5.41) is 61.5. The number of carbonyl (C=O) groups is 2. The number of methoxy groups -OCH3 is 1. The van der Waals surface area contributed by atoms with Crippen LogP contribution in [-0.4, -0.2) is 118 Å². The highest BCUT2D eigenvalue weighted by Crippen LogP contribution is 2.58. The number of nitrogens with zero attached hydrogens (tertiary/aromatic N) is 2. The summed E-state index contributed by atoms with van der Waals surface area (Å²) < 4.78 is 24.3. The second kappa shape index (κ2) is 16.6. The maximum absolute atomic E-state index is 14.5. The van der Waals surface area contributed by atoms with Crippen LogP contribution in [0.3, 0.4) is 0 Å². The summed E-state index contributed by atoms with van der Waals surface area (Å²) in [5.74, 6) is -5.68. The van der Waals surface area contributed by atoms with Crippen molar-refractivity contribution < 1.29 is 54.1 Å². The van der Waals surface area contributed by atoms with E-state index in [2.05, 4.69) is 24.1 Å². The Balaban J connectivity index is 1.50. The predicted molar refractivity (Wildman–Crippen MR) is 225 cm³/mol. The third-order valence-electron chi connectivity index (χ3n) is 13.3. The Labute approximate surface area is 347 Å². The van der Waals surface area contributed by atoms with Crippen molar-refractivity contribution in [3.05, 3.63) is 47.3 Å². The van der Waals surface area contributed by atoms with Gasteiger partial charge >= 0.3 is 5.79 Å². The van der Waals surface area contributed by atoms with E-state index in [0.717, 1.165) is 6.54 Å². The van der Waals surface area contributed by atoms with Gasteiger partial charge in [0.25, 0.3) is 11.7 Å². The van der Waals surface area contributed by atoms with Crippen LogP contribution in [0.4, 0.5) is 11.4 Å². The number of ether oxygens (including phenoxy) is 4. The van der Waals surface area contributed by atoms with Gasteiger partial charge in [-0.2, -0.15) is 0 Å². The monoisotopic (exact) mass is 821 g/mol. The molecule has 0 radical (unpaired) electrons. The molecule has 6 N–H and O–H groups in total. The van der Waals surface area contributed by atoms with Gasteiger partial charge in [0, 0.05) is 87.0 Å². The average Bonchev–Trinajstić information content (AvgIpc) is 3.46. The fraction of sp³-hybridized carbons (Fsp3) is 0.600. The van der Waals surface area contributed by atoms with Crippen molar-refractivity contribution in [2.45, 2.75) is 105 Å². The molecule has 59 heavy (non-hydrogen) atoms. The van der Waals surface area contributed by atoms with Crippen molar-refractivity contribution in [2.75, 3.05) is 50.1 Å². The normalized spacial score (nSPS) is 35.4. The number of benzene rings is 2. The molecule has 14 nitrogen and oxygen atoms in total. The highest BCUT2D eigenvalue weighted by Gasteiger charge is 2.53. The molecule has 2 fully saturated rings. The van der Waals surface area contributed by atoms with Gasteiger partial charge in [-0.3, -0.25) is 14.5 Å². The second-order valence-corrected chi connectivity index (χ2v) is 17.8. The van der Waals surface area contributed by atoms with Crippen molar-refractivity contribution >= 4 is 33.8 Å². The van der Waals surface area contributed by atoms with Gasteiger partial charge in [0.2, 0.25) is 0 Å². The molecule has 7 heterocycles. The van der Waals surface area contributed by atoms with E-state index < -0.39 is 70.5 Å². The molecular weight excluding hydrogens is 759 g/mol. The van der Waals surface area contributed by atoms with Gasteiger partial charge < -0.3 is 54.7 Å².